The van der Waals surface area contributed by atoms with E-state index in [0.717, 1.165) is 49.1 Å². The van der Waals surface area contributed by atoms with Gasteiger partial charge in [0, 0.05) is 34.9 Å². The Morgan fingerprint density at radius 3 is 2.48 bits per heavy atom. The topological polar surface area (TPSA) is 65.0 Å². The number of ketones is 1. The molecule has 2 aliphatic carbocycles. The zero-order chi connectivity index (χ0) is 23.8. The molecule has 1 aliphatic heterocycles. The number of para-hydroxylation sites is 1. The van der Waals surface area contributed by atoms with Crippen molar-refractivity contribution in [3.63, 3.8) is 0 Å². The van der Waals surface area contributed by atoms with Crippen LogP contribution in [0.15, 0.2) is 40.5 Å². The Morgan fingerprint density at radius 1 is 1.09 bits per heavy atom. The number of allylic oxidation sites excluding steroid dienone is 2. The van der Waals surface area contributed by atoms with E-state index in [1.807, 2.05) is 45.0 Å². The highest BCUT2D eigenvalue weighted by Crippen LogP contribution is 2.49. The molecule has 1 saturated carbocycles. The van der Waals surface area contributed by atoms with Crippen molar-refractivity contribution in [1.82, 2.24) is 0 Å². The first-order chi connectivity index (χ1) is 15.7. The molecule has 4 rings (SSSR count). The quantitative estimate of drug-likeness (QED) is 0.502. The van der Waals surface area contributed by atoms with E-state index >= 15 is 0 Å². The van der Waals surface area contributed by atoms with E-state index in [2.05, 4.69) is 13.8 Å². The summed E-state index contributed by atoms with van der Waals surface area (Å²) in [4.78, 5) is 32.0. The second-order valence-corrected chi connectivity index (χ2v) is 10.9. The van der Waals surface area contributed by atoms with Gasteiger partial charge in [-0.2, -0.15) is 0 Å². The maximum absolute atomic E-state index is 13.6. The number of benzene rings is 1. The van der Waals surface area contributed by atoms with Crippen LogP contribution in [-0.4, -0.2) is 29.7 Å². The van der Waals surface area contributed by atoms with E-state index in [1.54, 1.807) is 0 Å². The minimum absolute atomic E-state index is 0.0217. The molecule has 1 fully saturated rings. The third-order valence-electron chi connectivity index (χ3n) is 7.01. The second-order valence-electron chi connectivity index (χ2n) is 10.9. The van der Waals surface area contributed by atoms with Gasteiger partial charge >= 0.3 is 5.97 Å². The summed E-state index contributed by atoms with van der Waals surface area (Å²) in [7, 11) is 0. The molecule has 1 heterocycles. The van der Waals surface area contributed by atoms with E-state index < -0.39 is 11.8 Å². The third-order valence-corrected chi connectivity index (χ3v) is 7.01. The molecule has 0 bridgehead atoms. The van der Waals surface area contributed by atoms with Crippen molar-refractivity contribution >= 4 is 17.5 Å². The summed E-state index contributed by atoms with van der Waals surface area (Å²) in [6.07, 6.45) is 6.31. The summed E-state index contributed by atoms with van der Waals surface area (Å²) in [5.41, 5.74) is 2.94. The van der Waals surface area contributed by atoms with Gasteiger partial charge in [-0.3, -0.25) is 14.6 Å². The average molecular weight is 452 g/mol. The molecule has 0 aromatic heterocycles. The lowest BCUT2D eigenvalue weighted by molar-refractivity contribution is -0.153. The van der Waals surface area contributed by atoms with Crippen molar-refractivity contribution in [3.8, 4) is 5.75 Å². The zero-order valence-corrected chi connectivity index (χ0v) is 20.6. The number of aliphatic imine (C=N–C) groups is 1. The highest BCUT2D eigenvalue weighted by Gasteiger charge is 2.47. The molecule has 3 aliphatic rings. The number of esters is 1. The van der Waals surface area contributed by atoms with Gasteiger partial charge < -0.3 is 9.47 Å². The normalized spacial score (nSPS) is 25.5. The van der Waals surface area contributed by atoms with Crippen LogP contribution in [0.5, 0.6) is 5.75 Å². The molecular weight excluding hydrogens is 414 g/mol. The molecular formula is C28H37NO4. The van der Waals surface area contributed by atoms with E-state index in [4.69, 9.17) is 14.5 Å². The standard InChI is InChI=1S/C28H37NO4/c1-17(2)32-23-14-10-9-13-20(23)25-24(27(31)33-19-11-7-6-8-12-19)18(3)29-21-15-28(4,5)16-22(30)26(21)25/h9-10,13-14,17,19,24-25H,6-8,11-12,15-16H2,1-5H3/t24?,25-/m1/s1. The van der Waals surface area contributed by atoms with Gasteiger partial charge in [0.2, 0.25) is 0 Å². The molecule has 0 saturated heterocycles. The van der Waals surface area contributed by atoms with E-state index in [0.29, 0.717) is 17.7 Å². The fraction of sp³-hybridized carbons (Fsp3) is 0.607. The number of nitrogens with zero attached hydrogens (tertiary/aromatic N) is 1. The molecule has 33 heavy (non-hydrogen) atoms. The summed E-state index contributed by atoms with van der Waals surface area (Å²) in [6, 6.07) is 7.79. The maximum Gasteiger partial charge on any atom is 0.315 e. The first-order valence-electron chi connectivity index (χ1n) is 12.4. The van der Waals surface area contributed by atoms with Crippen LogP contribution in [0.3, 0.4) is 0 Å². The first kappa shape index (κ1) is 23.7. The number of hydrogen-bond acceptors (Lipinski definition) is 5. The third kappa shape index (κ3) is 5.07. The fourth-order valence-electron chi connectivity index (χ4n) is 5.61. The van der Waals surface area contributed by atoms with Crippen LogP contribution in [0, 0.1) is 11.3 Å². The number of carbonyl (C=O) groups is 2. The maximum atomic E-state index is 13.6. The van der Waals surface area contributed by atoms with Gasteiger partial charge in [-0.15, -0.1) is 0 Å². The van der Waals surface area contributed by atoms with Crippen molar-refractivity contribution in [2.75, 3.05) is 0 Å². The average Bonchev–Trinajstić information content (AvgIpc) is 2.72. The van der Waals surface area contributed by atoms with Gasteiger partial charge in [0.05, 0.1) is 6.10 Å². The SMILES string of the molecule is CC1=NC2=C(C(=O)CC(C)(C)C2)[C@H](c2ccccc2OC(C)C)C1C(=O)OC1CCCCC1. The van der Waals surface area contributed by atoms with Crippen molar-refractivity contribution < 1.29 is 19.1 Å². The second kappa shape index (κ2) is 9.44. The van der Waals surface area contributed by atoms with Crippen LogP contribution < -0.4 is 4.74 Å². The van der Waals surface area contributed by atoms with Crippen LogP contribution >= 0.6 is 0 Å². The van der Waals surface area contributed by atoms with Gasteiger partial charge in [-0.1, -0.05) is 38.5 Å². The number of ether oxygens (including phenoxy) is 2. The van der Waals surface area contributed by atoms with Crippen LogP contribution in [0.25, 0.3) is 0 Å². The van der Waals surface area contributed by atoms with Crippen LogP contribution in [0.1, 0.15) is 91.0 Å². The molecule has 5 heteroatoms. The number of Topliss-reactive ketones (excluding diaryl/α,β-unsaturated/α-hetero) is 1. The van der Waals surface area contributed by atoms with Gasteiger partial charge in [-0.05, 0) is 64.4 Å². The molecule has 1 aromatic rings. The smallest absolute Gasteiger partial charge is 0.315 e. The van der Waals surface area contributed by atoms with Gasteiger partial charge in [0.15, 0.2) is 5.78 Å². The van der Waals surface area contributed by atoms with Crippen LogP contribution in [-0.2, 0) is 14.3 Å². The Bertz CT molecular complexity index is 981. The molecule has 178 valence electrons. The Hall–Kier alpha value is -2.43. The molecule has 5 nitrogen and oxygen atoms in total. The minimum Gasteiger partial charge on any atom is -0.491 e. The first-order valence-corrected chi connectivity index (χ1v) is 12.4. The Kier molecular flexibility index (Phi) is 6.78. The molecule has 0 N–H and O–H groups in total. The highest BCUT2D eigenvalue weighted by atomic mass is 16.5. The molecule has 1 aromatic carbocycles. The van der Waals surface area contributed by atoms with E-state index in [9.17, 15) is 9.59 Å². The van der Waals surface area contributed by atoms with Crippen molar-refractivity contribution in [2.45, 2.75) is 97.7 Å². The van der Waals surface area contributed by atoms with Crippen LogP contribution in [0.4, 0.5) is 0 Å². The van der Waals surface area contributed by atoms with Gasteiger partial charge in [0.25, 0.3) is 0 Å². The fourth-order valence-corrected chi connectivity index (χ4v) is 5.61. The number of hydrogen-bond donors (Lipinski definition) is 0. The summed E-state index contributed by atoms with van der Waals surface area (Å²) in [5.74, 6) is -0.527. The zero-order valence-electron chi connectivity index (χ0n) is 20.6. The number of carbonyl (C=O) groups excluding carboxylic acids is 2. The summed E-state index contributed by atoms with van der Waals surface area (Å²) in [5, 5.41) is 0. The van der Waals surface area contributed by atoms with Gasteiger partial charge in [-0.25, -0.2) is 0 Å². The van der Waals surface area contributed by atoms with Crippen molar-refractivity contribution in [1.29, 1.82) is 0 Å². The Labute approximate surface area is 197 Å². The number of rotatable bonds is 5. The highest BCUT2D eigenvalue weighted by molar-refractivity contribution is 6.09. The van der Waals surface area contributed by atoms with Crippen LogP contribution in [0.2, 0.25) is 0 Å². The lowest BCUT2D eigenvalue weighted by Gasteiger charge is -2.39. The van der Waals surface area contributed by atoms with Crippen molar-refractivity contribution in [2.24, 2.45) is 16.3 Å². The predicted octanol–water partition coefficient (Wildman–Crippen LogP) is 6.17. The Morgan fingerprint density at radius 2 is 1.79 bits per heavy atom. The lowest BCUT2D eigenvalue weighted by Crippen LogP contribution is -2.40. The van der Waals surface area contributed by atoms with E-state index in [1.165, 1.54) is 6.42 Å². The minimum atomic E-state index is -0.618. The van der Waals surface area contributed by atoms with Crippen molar-refractivity contribution in [3.05, 3.63) is 41.1 Å². The Balaban J connectivity index is 1.79. The molecule has 0 radical (unpaired) electrons. The van der Waals surface area contributed by atoms with E-state index in [-0.39, 0.29) is 29.4 Å². The molecule has 0 spiro atoms. The molecule has 0 amide bonds. The lowest BCUT2D eigenvalue weighted by atomic mass is 9.66. The molecule has 1 unspecified atom stereocenters. The summed E-state index contributed by atoms with van der Waals surface area (Å²) >= 11 is 0. The predicted molar refractivity (Wildman–Crippen MR) is 130 cm³/mol. The largest absolute Gasteiger partial charge is 0.491 e. The molecule has 2 atom stereocenters. The summed E-state index contributed by atoms with van der Waals surface area (Å²) < 4.78 is 12.2. The monoisotopic (exact) mass is 451 g/mol. The van der Waals surface area contributed by atoms with Gasteiger partial charge in [0.1, 0.15) is 17.8 Å². The summed E-state index contributed by atoms with van der Waals surface area (Å²) in [6.45, 7) is 10.1.